The lowest BCUT2D eigenvalue weighted by Gasteiger charge is -2.35. The van der Waals surface area contributed by atoms with Gasteiger partial charge >= 0.3 is 0 Å². The van der Waals surface area contributed by atoms with Crippen LogP contribution in [-0.4, -0.2) is 40.8 Å². The first kappa shape index (κ1) is 14.4. The first-order valence-electron chi connectivity index (χ1n) is 8.16. The third-order valence-corrected chi connectivity index (χ3v) is 4.58. The van der Waals surface area contributed by atoms with Crippen LogP contribution in [0.2, 0.25) is 0 Å². The zero-order chi connectivity index (χ0) is 14.7. The van der Waals surface area contributed by atoms with Crippen LogP contribution in [0.5, 0.6) is 0 Å². The largest absolute Gasteiger partial charge is 0.381 e. The number of rotatable bonds is 5. The fourth-order valence-corrected chi connectivity index (χ4v) is 3.18. The van der Waals surface area contributed by atoms with Crippen molar-refractivity contribution in [2.45, 2.75) is 39.2 Å². The van der Waals surface area contributed by atoms with Gasteiger partial charge in [0, 0.05) is 30.2 Å². The zero-order valence-electron chi connectivity index (χ0n) is 13.1. The summed E-state index contributed by atoms with van der Waals surface area (Å²) in [4.78, 5) is 2.62. The SMILES string of the molecule is CCC(C)CN1CCCC(Nc2ccc3[nH]ncc3c2)C1. The summed E-state index contributed by atoms with van der Waals surface area (Å²) >= 11 is 0. The van der Waals surface area contributed by atoms with E-state index in [1.165, 1.54) is 43.4 Å². The molecule has 1 aliphatic heterocycles. The number of fused-ring (bicyclic) bond motifs is 1. The zero-order valence-corrected chi connectivity index (χ0v) is 13.1. The smallest absolute Gasteiger partial charge is 0.0651 e. The van der Waals surface area contributed by atoms with Gasteiger partial charge in [-0.25, -0.2) is 0 Å². The second-order valence-electron chi connectivity index (χ2n) is 6.43. The third kappa shape index (κ3) is 3.56. The van der Waals surface area contributed by atoms with Gasteiger partial charge in [-0.1, -0.05) is 20.3 Å². The van der Waals surface area contributed by atoms with E-state index in [1.807, 2.05) is 6.20 Å². The lowest BCUT2D eigenvalue weighted by molar-refractivity contribution is 0.189. The fraction of sp³-hybridized carbons (Fsp3) is 0.588. The Hall–Kier alpha value is -1.55. The summed E-state index contributed by atoms with van der Waals surface area (Å²) in [7, 11) is 0. The van der Waals surface area contributed by atoms with Crippen LogP contribution in [0.25, 0.3) is 10.9 Å². The van der Waals surface area contributed by atoms with Crippen molar-refractivity contribution in [3.63, 3.8) is 0 Å². The van der Waals surface area contributed by atoms with Crippen molar-refractivity contribution < 1.29 is 0 Å². The number of H-pyrrole nitrogens is 1. The normalized spacial score (nSPS) is 21.5. The number of nitrogens with zero attached hydrogens (tertiary/aromatic N) is 2. The van der Waals surface area contributed by atoms with E-state index in [2.05, 4.69) is 52.5 Å². The Bertz CT molecular complexity index is 577. The van der Waals surface area contributed by atoms with Gasteiger partial charge in [-0.2, -0.15) is 5.10 Å². The minimum Gasteiger partial charge on any atom is -0.381 e. The number of aromatic amines is 1. The van der Waals surface area contributed by atoms with E-state index in [1.54, 1.807) is 0 Å². The Labute approximate surface area is 126 Å². The van der Waals surface area contributed by atoms with Crippen LogP contribution in [0, 0.1) is 5.92 Å². The van der Waals surface area contributed by atoms with Crippen molar-refractivity contribution in [1.82, 2.24) is 15.1 Å². The van der Waals surface area contributed by atoms with Crippen LogP contribution in [0.4, 0.5) is 5.69 Å². The lowest BCUT2D eigenvalue weighted by atomic mass is 10.0. The van der Waals surface area contributed by atoms with E-state index >= 15 is 0 Å². The molecule has 0 bridgehead atoms. The molecule has 0 amide bonds. The highest BCUT2D eigenvalue weighted by molar-refractivity contribution is 5.81. The molecule has 1 aromatic heterocycles. The number of hydrogen-bond acceptors (Lipinski definition) is 3. The van der Waals surface area contributed by atoms with E-state index in [0.717, 1.165) is 18.0 Å². The molecule has 0 spiro atoms. The summed E-state index contributed by atoms with van der Waals surface area (Å²) in [6, 6.07) is 7.00. The van der Waals surface area contributed by atoms with Gasteiger partial charge in [0.2, 0.25) is 0 Å². The molecule has 2 atom stereocenters. The maximum atomic E-state index is 4.08. The quantitative estimate of drug-likeness (QED) is 0.884. The molecular formula is C17H26N4. The summed E-state index contributed by atoms with van der Waals surface area (Å²) < 4.78 is 0. The highest BCUT2D eigenvalue weighted by Gasteiger charge is 2.20. The van der Waals surface area contributed by atoms with E-state index in [0.29, 0.717) is 6.04 Å². The second-order valence-corrected chi connectivity index (χ2v) is 6.43. The van der Waals surface area contributed by atoms with E-state index in [-0.39, 0.29) is 0 Å². The molecule has 4 nitrogen and oxygen atoms in total. The number of anilines is 1. The predicted octanol–water partition coefficient (Wildman–Crippen LogP) is 3.49. The molecule has 21 heavy (non-hydrogen) atoms. The molecule has 3 rings (SSSR count). The summed E-state index contributed by atoms with van der Waals surface area (Å²) in [5.74, 6) is 0.797. The number of aromatic nitrogens is 2. The molecule has 2 aromatic rings. The van der Waals surface area contributed by atoms with Gasteiger partial charge in [0.1, 0.15) is 0 Å². The van der Waals surface area contributed by atoms with Crippen molar-refractivity contribution in [2.75, 3.05) is 25.0 Å². The number of likely N-dealkylation sites (tertiary alicyclic amines) is 1. The molecule has 1 saturated heterocycles. The van der Waals surface area contributed by atoms with Gasteiger partial charge in [-0.05, 0) is 43.5 Å². The second kappa shape index (κ2) is 6.48. The highest BCUT2D eigenvalue weighted by atomic mass is 15.2. The van der Waals surface area contributed by atoms with E-state index < -0.39 is 0 Å². The van der Waals surface area contributed by atoms with Crippen LogP contribution >= 0.6 is 0 Å². The van der Waals surface area contributed by atoms with Crippen molar-refractivity contribution in [1.29, 1.82) is 0 Å². The van der Waals surface area contributed by atoms with Crippen LogP contribution < -0.4 is 5.32 Å². The Morgan fingerprint density at radius 3 is 3.24 bits per heavy atom. The van der Waals surface area contributed by atoms with Crippen LogP contribution in [0.1, 0.15) is 33.1 Å². The van der Waals surface area contributed by atoms with Gasteiger partial charge in [0.25, 0.3) is 0 Å². The number of nitrogens with one attached hydrogen (secondary N) is 2. The molecule has 1 aliphatic rings. The Morgan fingerprint density at radius 2 is 2.38 bits per heavy atom. The van der Waals surface area contributed by atoms with E-state index in [9.17, 15) is 0 Å². The Balaban J connectivity index is 1.61. The molecule has 0 aliphatic carbocycles. The van der Waals surface area contributed by atoms with Crippen molar-refractivity contribution >= 4 is 16.6 Å². The molecule has 4 heteroatoms. The molecule has 1 fully saturated rings. The summed E-state index contributed by atoms with van der Waals surface area (Å²) in [5, 5.41) is 12.0. The minimum atomic E-state index is 0.562. The third-order valence-electron chi connectivity index (χ3n) is 4.58. The summed E-state index contributed by atoms with van der Waals surface area (Å²) in [6.45, 7) is 8.28. The van der Waals surface area contributed by atoms with Gasteiger partial charge in [-0.15, -0.1) is 0 Å². The summed E-state index contributed by atoms with van der Waals surface area (Å²) in [6.07, 6.45) is 5.71. The first-order chi connectivity index (χ1) is 10.2. The highest BCUT2D eigenvalue weighted by Crippen LogP contribution is 2.21. The Morgan fingerprint density at radius 1 is 1.48 bits per heavy atom. The van der Waals surface area contributed by atoms with Crippen molar-refractivity contribution in [2.24, 2.45) is 5.92 Å². The fourth-order valence-electron chi connectivity index (χ4n) is 3.18. The Kier molecular flexibility index (Phi) is 4.44. The predicted molar refractivity (Wildman–Crippen MR) is 88.6 cm³/mol. The molecule has 0 saturated carbocycles. The van der Waals surface area contributed by atoms with Gasteiger partial charge in [-0.3, -0.25) is 5.10 Å². The molecule has 2 heterocycles. The molecule has 2 N–H and O–H groups in total. The van der Waals surface area contributed by atoms with Crippen LogP contribution in [-0.2, 0) is 0 Å². The topological polar surface area (TPSA) is 44.0 Å². The van der Waals surface area contributed by atoms with Crippen LogP contribution in [0.15, 0.2) is 24.4 Å². The number of benzene rings is 1. The molecule has 114 valence electrons. The van der Waals surface area contributed by atoms with Crippen LogP contribution in [0.3, 0.4) is 0 Å². The molecule has 0 radical (unpaired) electrons. The summed E-state index contributed by atoms with van der Waals surface area (Å²) in [5.41, 5.74) is 2.31. The maximum absolute atomic E-state index is 4.08. The lowest BCUT2D eigenvalue weighted by Crippen LogP contribution is -2.43. The first-order valence-corrected chi connectivity index (χ1v) is 8.16. The standard InChI is InChI=1S/C17H26N4/c1-3-13(2)11-21-8-4-5-16(12-21)19-15-6-7-17-14(9-15)10-18-20-17/h6-7,9-10,13,16,19H,3-5,8,11-12H2,1-2H3,(H,18,20). The van der Waals surface area contributed by atoms with Gasteiger partial charge < -0.3 is 10.2 Å². The number of piperidine rings is 1. The van der Waals surface area contributed by atoms with E-state index in [4.69, 9.17) is 0 Å². The minimum absolute atomic E-state index is 0.562. The average Bonchev–Trinajstić information content (AvgIpc) is 2.95. The molecular weight excluding hydrogens is 260 g/mol. The average molecular weight is 286 g/mol. The van der Waals surface area contributed by atoms with Crippen molar-refractivity contribution in [3.8, 4) is 0 Å². The molecule has 1 aromatic carbocycles. The van der Waals surface area contributed by atoms with Crippen molar-refractivity contribution in [3.05, 3.63) is 24.4 Å². The maximum Gasteiger partial charge on any atom is 0.0651 e. The van der Waals surface area contributed by atoms with Gasteiger partial charge in [0.15, 0.2) is 0 Å². The number of hydrogen-bond donors (Lipinski definition) is 2. The molecule has 2 unspecified atom stereocenters. The van der Waals surface area contributed by atoms with Gasteiger partial charge in [0.05, 0.1) is 11.7 Å². The monoisotopic (exact) mass is 286 g/mol.